The van der Waals surface area contributed by atoms with Gasteiger partial charge in [-0.05, 0) is 93.1 Å². The molecule has 3 N–H and O–H groups in total. The highest BCUT2D eigenvalue weighted by Gasteiger charge is 2.17. The van der Waals surface area contributed by atoms with Gasteiger partial charge in [0, 0.05) is 54.2 Å². The van der Waals surface area contributed by atoms with Crippen LogP contribution < -0.4 is 15.4 Å². The summed E-state index contributed by atoms with van der Waals surface area (Å²) in [5, 5.41) is 7.75. The lowest BCUT2D eigenvalue weighted by Crippen LogP contribution is -2.27. The Morgan fingerprint density at radius 2 is 1.91 bits per heavy atom. The first-order valence-corrected chi connectivity index (χ1v) is 12.7. The van der Waals surface area contributed by atoms with Gasteiger partial charge in [-0.1, -0.05) is 0 Å². The second-order valence-electron chi connectivity index (χ2n) is 9.60. The number of anilines is 1. The third-order valence-corrected chi connectivity index (χ3v) is 7.07. The minimum atomic E-state index is -0.137. The zero-order valence-corrected chi connectivity index (χ0v) is 20.4. The number of nitrogens with one attached hydrogen (secondary N) is 3. The molecule has 3 heterocycles. The molecule has 0 bridgehead atoms. The molecule has 3 aromatic rings. The normalized spacial score (nSPS) is 18.7. The van der Waals surface area contributed by atoms with E-state index >= 15 is 0 Å². The van der Waals surface area contributed by atoms with E-state index in [0.717, 1.165) is 80.9 Å². The molecule has 2 aliphatic rings. The third-order valence-electron chi connectivity index (χ3n) is 7.07. The Labute approximate surface area is 206 Å². The van der Waals surface area contributed by atoms with Gasteiger partial charge < -0.3 is 29.8 Å². The average Bonchev–Trinajstić information content (AvgIpc) is 3.52. The minimum absolute atomic E-state index is 0.137. The van der Waals surface area contributed by atoms with Gasteiger partial charge >= 0.3 is 0 Å². The Bertz CT molecular complexity index is 1130. The number of carbonyl (C=O) groups is 1. The molecule has 0 unspecified atom stereocenters. The summed E-state index contributed by atoms with van der Waals surface area (Å²) in [7, 11) is 0. The number of hydrogen-bond donors (Lipinski definition) is 3. The first kappa shape index (κ1) is 23.9. The van der Waals surface area contributed by atoms with Gasteiger partial charge in [-0.3, -0.25) is 4.79 Å². The lowest BCUT2D eigenvalue weighted by atomic mass is 10.0. The SMILES string of the molecule is Cc1c(CNCC2CCOCC2)[nH]c2ccc(NC(=O)c3ccc(OC[C@@H]4CCCO4)cc3)cc12. The average molecular weight is 478 g/mol. The molecule has 186 valence electrons. The number of ether oxygens (including phenoxy) is 3. The van der Waals surface area contributed by atoms with E-state index in [1.54, 1.807) is 12.1 Å². The number of aryl methyl sites for hydroxylation is 1. The maximum absolute atomic E-state index is 12.8. The summed E-state index contributed by atoms with van der Waals surface area (Å²) in [6.07, 6.45) is 4.57. The highest BCUT2D eigenvalue weighted by molar-refractivity contribution is 6.05. The smallest absolute Gasteiger partial charge is 0.255 e. The summed E-state index contributed by atoms with van der Waals surface area (Å²) in [5.74, 6) is 1.30. The van der Waals surface area contributed by atoms with Gasteiger partial charge in [-0.15, -0.1) is 0 Å². The van der Waals surface area contributed by atoms with Crippen LogP contribution in [-0.4, -0.2) is 50.0 Å². The monoisotopic (exact) mass is 477 g/mol. The molecule has 2 aliphatic heterocycles. The van der Waals surface area contributed by atoms with Crippen molar-refractivity contribution in [2.75, 3.05) is 38.3 Å². The molecule has 1 atom stereocenters. The molecule has 0 aliphatic carbocycles. The van der Waals surface area contributed by atoms with Gasteiger partial charge in [0.05, 0.1) is 6.10 Å². The number of rotatable bonds is 9. The van der Waals surface area contributed by atoms with E-state index in [0.29, 0.717) is 18.1 Å². The molecule has 2 fully saturated rings. The Hall–Kier alpha value is -2.87. The van der Waals surface area contributed by atoms with Crippen molar-refractivity contribution in [3.05, 3.63) is 59.3 Å². The van der Waals surface area contributed by atoms with Crippen LogP contribution in [0.15, 0.2) is 42.5 Å². The molecule has 0 saturated carbocycles. The number of H-pyrrole nitrogens is 1. The Balaban J connectivity index is 1.17. The van der Waals surface area contributed by atoms with Crippen LogP contribution in [0, 0.1) is 12.8 Å². The van der Waals surface area contributed by atoms with Crippen LogP contribution in [0.1, 0.15) is 47.3 Å². The van der Waals surface area contributed by atoms with Crippen LogP contribution in [0.5, 0.6) is 5.75 Å². The fourth-order valence-electron chi connectivity index (χ4n) is 4.86. The molecular formula is C28H35N3O4. The van der Waals surface area contributed by atoms with E-state index in [4.69, 9.17) is 14.2 Å². The summed E-state index contributed by atoms with van der Waals surface area (Å²) in [6, 6.07) is 13.3. The van der Waals surface area contributed by atoms with Crippen LogP contribution in [0.2, 0.25) is 0 Å². The Morgan fingerprint density at radius 3 is 2.69 bits per heavy atom. The first-order valence-electron chi connectivity index (χ1n) is 12.7. The maximum Gasteiger partial charge on any atom is 0.255 e. The molecule has 7 heteroatoms. The highest BCUT2D eigenvalue weighted by atomic mass is 16.5. The molecule has 7 nitrogen and oxygen atoms in total. The maximum atomic E-state index is 12.8. The first-order chi connectivity index (χ1) is 17.2. The van der Waals surface area contributed by atoms with E-state index in [2.05, 4.69) is 22.5 Å². The van der Waals surface area contributed by atoms with Crippen LogP contribution in [0.3, 0.4) is 0 Å². The van der Waals surface area contributed by atoms with Crippen molar-refractivity contribution >= 4 is 22.5 Å². The Morgan fingerprint density at radius 1 is 1.09 bits per heavy atom. The molecule has 1 amide bonds. The summed E-state index contributed by atoms with van der Waals surface area (Å²) in [5.41, 5.74) is 4.86. The number of aromatic amines is 1. The predicted molar refractivity (Wildman–Crippen MR) is 137 cm³/mol. The van der Waals surface area contributed by atoms with Gasteiger partial charge in [0.2, 0.25) is 0 Å². The van der Waals surface area contributed by atoms with Crippen LogP contribution in [0.4, 0.5) is 5.69 Å². The molecule has 2 aromatic carbocycles. The van der Waals surface area contributed by atoms with E-state index in [1.165, 1.54) is 11.3 Å². The van der Waals surface area contributed by atoms with E-state index in [-0.39, 0.29) is 12.0 Å². The molecule has 1 aromatic heterocycles. The van der Waals surface area contributed by atoms with Crippen LogP contribution in [-0.2, 0) is 16.0 Å². The number of fused-ring (bicyclic) bond motifs is 1. The second-order valence-corrected chi connectivity index (χ2v) is 9.60. The fraction of sp³-hybridized carbons (Fsp3) is 0.464. The molecular weight excluding hydrogens is 442 g/mol. The van der Waals surface area contributed by atoms with E-state index in [1.807, 2.05) is 30.3 Å². The molecule has 0 radical (unpaired) electrons. The van der Waals surface area contributed by atoms with Crippen molar-refractivity contribution in [1.82, 2.24) is 10.3 Å². The largest absolute Gasteiger partial charge is 0.491 e. The van der Waals surface area contributed by atoms with Crippen molar-refractivity contribution in [3.8, 4) is 5.75 Å². The van der Waals surface area contributed by atoms with Crippen molar-refractivity contribution < 1.29 is 19.0 Å². The summed E-state index contributed by atoms with van der Waals surface area (Å²) >= 11 is 0. The van der Waals surface area contributed by atoms with Crippen molar-refractivity contribution in [1.29, 1.82) is 0 Å². The topological polar surface area (TPSA) is 84.6 Å². The Kier molecular flexibility index (Phi) is 7.66. The van der Waals surface area contributed by atoms with Crippen LogP contribution in [0.25, 0.3) is 10.9 Å². The van der Waals surface area contributed by atoms with Gasteiger partial charge in [0.15, 0.2) is 0 Å². The summed E-state index contributed by atoms with van der Waals surface area (Å²) in [4.78, 5) is 16.3. The number of aromatic nitrogens is 1. The van der Waals surface area contributed by atoms with E-state index in [9.17, 15) is 4.79 Å². The fourth-order valence-corrected chi connectivity index (χ4v) is 4.86. The minimum Gasteiger partial charge on any atom is -0.491 e. The van der Waals surface area contributed by atoms with Crippen molar-refractivity contribution in [2.24, 2.45) is 5.92 Å². The number of hydrogen-bond acceptors (Lipinski definition) is 5. The summed E-state index contributed by atoms with van der Waals surface area (Å²) < 4.78 is 16.8. The zero-order chi connectivity index (χ0) is 24.0. The van der Waals surface area contributed by atoms with Crippen molar-refractivity contribution in [2.45, 2.75) is 45.3 Å². The van der Waals surface area contributed by atoms with Gasteiger partial charge in [0.1, 0.15) is 12.4 Å². The predicted octanol–water partition coefficient (Wildman–Crippen LogP) is 4.80. The van der Waals surface area contributed by atoms with Crippen molar-refractivity contribution in [3.63, 3.8) is 0 Å². The molecule has 35 heavy (non-hydrogen) atoms. The second kappa shape index (κ2) is 11.2. The number of carbonyl (C=O) groups excluding carboxylic acids is 1. The molecule has 5 rings (SSSR count). The van der Waals surface area contributed by atoms with Crippen LogP contribution >= 0.6 is 0 Å². The quantitative estimate of drug-likeness (QED) is 0.412. The van der Waals surface area contributed by atoms with Gasteiger partial charge in [-0.2, -0.15) is 0 Å². The number of benzene rings is 2. The molecule has 0 spiro atoms. The standard InChI is InChI=1S/C28H35N3O4/c1-19-25-15-22(6-9-26(25)31-27(19)17-29-16-20-10-13-33-14-11-20)30-28(32)21-4-7-23(8-5-21)35-18-24-3-2-12-34-24/h4-9,15,20,24,29,31H,2-3,10-14,16-18H2,1H3,(H,30,32)/t24-/m0/s1. The summed E-state index contributed by atoms with van der Waals surface area (Å²) in [6.45, 7) is 7.06. The third kappa shape index (κ3) is 6.04. The number of amides is 1. The lowest BCUT2D eigenvalue weighted by Gasteiger charge is -2.22. The highest BCUT2D eigenvalue weighted by Crippen LogP contribution is 2.26. The van der Waals surface area contributed by atoms with E-state index < -0.39 is 0 Å². The molecule has 2 saturated heterocycles. The van der Waals surface area contributed by atoms with Gasteiger partial charge in [0.25, 0.3) is 5.91 Å². The zero-order valence-electron chi connectivity index (χ0n) is 20.4. The lowest BCUT2D eigenvalue weighted by molar-refractivity contribution is 0.0662. The van der Waals surface area contributed by atoms with Gasteiger partial charge in [-0.25, -0.2) is 0 Å².